The van der Waals surface area contributed by atoms with Crippen LogP contribution in [0.25, 0.3) is 0 Å². The molecule has 0 amide bonds. The van der Waals surface area contributed by atoms with Gasteiger partial charge >= 0.3 is 0 Å². The predicted molar refractivity (Wildman–Crippen MR) is 60.3 cm³/mol. The van der Waals surface area contributed by atoms with Crippen LogP contribution in [-0.2, 0) is 6.61 Å². The number of aliphatic hydroxyl groups excluding tert-OH is 2. The lowest BCUT2D eigenvalue weighted by molar-refractivity contribution is 0.173. The van der Waals surface area contributed by atoms with Crippen molar-refractivity contribution in [1.82, 2.24) is 0 Å². The molecule has 1 aliphatic rings. The van der Waals surface area contributed by atoms with E-state index in [1.54, 1.807) is 12.1 Å². The van der Waals surface area contributed by atoms with E-state index >= 15 is 0 Å². The molecule has 2 rings (SSSR count). The summed E-state index contributed by atoms with van der Waals surface area (Å²) in [5.74, 6) is 1.88. The van der Waals surface area contributed by atoms with Gasteiger partial charge in [0.2, 0.25) is 6.79 Å². The van der Waals surface area contributed by atoms with Crippen LogP contribution in [0.1, 0.15) is 18.4 Å². The first-order valence-corrected chi connectivity index (χ1v) is 5.62. The summed E-state index contributed by atoms with van der Waals surface area (Å²) in [5, 5.41) is 17.9. The average Bonchev–Trinajstić information content (AvgIpc) is 2.80. The third kappa shape index (κ3) is 2.81. The van der Waals surface area contributed by atoms with Crippen LogP contribution >= 0.6 is 0 Å². The lowest BCUT2D eigenvalue weighted by Gasteiger charge is -2.10. The van der Waals surface area contributed by atoms with E-state index in [9.17, 15) is 5.11 Å². The molecular formula is C12H16O5. The molecule has 0 aromatic heterocycles. The Morgan fingerprint density at radius 1 is 1.12 bits per heavy atom. The van der Waals surface area contributed by atoms with E-state index in [1.165, 1.54) is 0 Å². The molecule has 1 aromatic rings. The van der Waals surface area contributed by atoms with Crippen molar-refractivity contribution in [2.75, 3.05) is 20.0 Å². The second kappa shape index (κ2) is 5.75. The number of hydrogen-bond donors (Lipinski definition) is 2. The van der Waals surface area contributed by atoms with E-state index in [0.717, 1.165) is 6.42 Å². The fourth-order valence-corrected chi connectivity index (χ4v) is 1.62. The molecule has 0 fully saturated rings. The summed E-state index contributed by atoms with van der Waals surface area (Å²) < 4.78 is 16.0. The lowest BCUT2D eigenvalue weighted by atomic mass is 10.2. The average molecular weight is 240 g/mol. The molecule has 5 heteroatoms. The normalized spacial score (nSPS) is 12.8. The molecule has 0 spiro atoms. The molecule has 0 saturated carbocycles. The van der Waals surface area contributed by atoms with Gasteiger partial charge < -0.3 is 24.4 Å². The van der Waals surface area contributed by atoms with Crippen LogP contribution in [0.5, 0.6) is 17.2 Å². The molecule has 1 aliphatic heterocycles. The topological polar surface area (TPSA) is 68.2 Å². The molecule has 1 heterocycles. The summed E-state index contributed by atoms with van der Waals surface area (Å²) in [6.45, 7) is 0.769. The smallest absolute Gasteiger partial charge is 0.231 e. The van der Waals surface area contributed by atoms with Gasteiger partial charge in [-0.2, -0.15) is 0 Å². The molecule has 0 unspecified atom stereocenters. The van der Waals surface area contributed by atoms with Crippen molar-refractivity contribution >= 4 is 0 Å². The van der Waals surface area contributed by atoms with Crippen LogP contribution in [0, 0.1) is 0 Å². The highest BCUT2D eigenvalue weighted by Gasteiger charge is 2.17. The maximum absolute atomic E-state index is 9.24. The van der Waals surface area contributed by atoms with Crippen molar-refractivity contribution in [1.29, 1.82) is 0 Å². The number of benzene rings is 1. The molecule has 94 valence electrons. The highest BCUT2D eigenvalue weighted by atomic mass is 16.7. The zero-order valence-electron chi connectivity index (χ0n) is 9.52. The van der Waals surface area contributed by atoms with Gasteiger partial charge in [0.25, 0.3) is 0 Å². The Morgan fingerprint density at radius 2 is 1.88 bits per heavy atom. The molecule has 5 nitrogen and oxygen atoms in total. The van der Waals surface area contributed by atoms with Gasteiger partial charge in [-0.25, -0.2) is 0 Å². The first-order valence-electron chi connectivity index (χ1n) is 5.62. The highest BCUT2D eigenvalue weighted by molar-refractivity contribution is 5.51. The predicted octanol–water partition coefficient (Wildman–Crippen LogP) is 1.06. The van der Waals surface area contributed by atoms with Crippen molar-refractivity contribution < 1.29 is 24.4 Å². The van der Waals surface area contributed by atoms with Gasteiger partial charge in [-0.15, -0.1) is 0 Å². The summed E-state index contributed by atoms with van der Waals surface area (Å²) in [6.07, 6.45) is 1.48. The van der Waals surface area contributed by atoms with Crippen LogP contribution in [0.3, 0.4) is 0 Å². The summed E-state index contributed by atoms with van der Waals surface area (Å²) in [5.41, 5.74) is 0.679. The summed E-state index contributed by atoms with van der Waals surface area (Å²) in [4.78, 5) is 0. The Morgan fingerprint density at radius 3 is 2.59 bits per heavy atom. The second-order valence-corrected chi connectivity index (χ2v) is 3.75. The Labute approximate surface area is 99.5 Å². The van der Waals surface area contributed by atoms with E-state index < -0.39 is 0 Å². The molecule has 17 heavy (non-hydrogen) atoms. The fourth-order valence-electron chi connectivity index (χ4n) is 1.62. The minimum Gasteiger partial charge on any atom is -0.493 e. The zero-order chi connectivity index (χ0) is 12.1. The van der Waals surface area contributed by atoms with Crippen LogP contribution < -0.4 is 14.2 Å². The zero-order valence-corrected chi connectivity index (χ0v) is 9.52. The van der Waals surface area contributed by atoms with Crippen molar-refractivity contribution in [3.8, 4) is 17.2 Å². The minimum atomic E-state index is -0.105. The summed E-state index contributed by atoms with van der Waals surface area (Å²) >= 11 is 0. The number of unbranched alkanes of at least 4 members (excludes halogenated alkanes) is 1. The van der Waals surface area contributed by atoms with Gasteiger partial charge in [0.1, 0.15) is 5.75 Å². The molecule has 0 radical (unpaired) electrons. The molecule has 0 bridgehead atoms. The van der Waals surface area contributed by atoms with Gasteiger partial charge in [0, 0.05) is 18.2 Å². The van der Waals surface area contributed by atoms with Crippen molar-refractivity contribution in [3.05, 3.63) is 17.7 Å². The van der Waals surface area contributed by atoms with E-state index in [2.05, 4.69) is 0 Å². The molecule has 0 atom stereocenters. The third-order valence-electron chi connectivity index (χ3n) is 2.54. The second-order valence-electron chi connectivity index (χ2n) is 3.75. The van der Waals surface area contributed by atoms with Gasteiger partial charge in [-0.1, -0.05) is 0 Å². The van der Waals surface area contributed by atoms with Crippen LogP contribution in [-0.4, -0.2) is 30.2 Å². The minimum absolute atomic E-state index is 0.105. The van der Waals surface area contributed by atoms with Crippen molar-refractivity contribution in [2.24, 2.45) is 0 Å². The lowest BCUT2D eigenvalue weighted by Crippen LogP contribution is -2.01. The van der Waals surface area contributed by atoms with Crippen LogP contribution in [0.15, 0.2) is 12.1 Å². The number of rotatable bonds is 6. The van der Waals surface area contributed by atoms with Crippen LogP contribution in [0.2, 0.25) is 0 Å². The first-order chi connectivity index (χ1) is 8.35. The van der Waals surface area contributed by atoms with Crippen LogP contribution in [0.4, 0.5) is 0 Å². The summed E-state index contributed by atoms with van der Waals surface area (Å²) in [7, 11) is 0. The number of aliphatic hydroxyl groups is 2. The molecular weight excluding hydrogens is 224 g/mol. The fraction of sp³-hybridized carbons (Fsp3) is 0.500. The maximum Gasteiger partial charge on any atom is 0.231 e. The Hall–Kier alpha value is -1.46. The van der Waals surface area contributed by atoms with Crippen molar-refractivity contribution in [2.45, 2.75) is 19.4 Å². The first kappa shape index (κ1) is 12.0. The molecule has 1 aromatic carbocycles. The largest absolute Gasteiger partial charge is 0.493 e. The van der Waals surface area contributed by atoms with E-state index in [1.807, 2.05) is 0 Å². The highest BCUT2D eigenvalue weighted by Crippen LogP contribution is 2.38. The van der Waals surface area contributed by atoms with E-state index in [0.29, 0.717) is 35.8 Å². The van der Waals surface area contributed by atoms with E-state index in [-0.39, 0.29) is 20.0 Å². The van der Waals surface area contributed by atoms with Gasteiger partial charge in [0.05, 0.1) is 13.2 Å². The molecule has 0 saturated heterocycles. The Kier molecular flexibility index (Phi) is 4.06. The molecule has 2 N–H and O–H groups in total. The standard InChI is InChI=1S/C12H16O5/c13-3-1-2-4-15-10-6-12-11(16-8-17-12)5-9(10)7-14/h5-6,13-14H,1-4,7-8H2. The third-order valence-corrected chi connectivity index (χ3v) is 2.54. The molecule has 0 aliphatic carbocycles. The number of hydrogen-bond acceptors (Lipinski definition) is 5. The van der Waals surface area contributed by atoms with Gasteiger partial charge in [0.15, 0.2) is 11.5 Å². The monoisotopic (exact) mass is 240 g/mol. The SMILES string of the molecule is OCCCCOc1cc2c(cc1CO)OCO2. The van der Waals surface area contributed by atoms with Gasteiger partial charge in [-0.05, 0) is 18.9 Å². The Balaban J connectivity index is 2.04. The quantitative estimate of drug-likeness (QED) is 0.728. The van der Waals surface area contributed by atoms with Gasteiger partial charge in [-0.3, -0.25) is 0 Å². The van der Waals surface area contributed by atoms with E-state index in [4.69, 9.17) is 19.3 Å². The number of fused-ring (bicyclic) bond motifs is 1. The maximum atomic E-state index is 9.24. The summed E-state index contributed by atoms with van der Waals surface area (Å²) in [6, 6.07) is 3.45. The Bertz CT molecular complexity index is 377. The number of ether oxygens (including phenoxy) is 3. The van der Waals surface area contributed by atoms with Crippen molar-refractivity contribution in [3.63, 3.8) is 0 Å².